The molecule has 0 amide bonds. The molecule has 6 heteroatoms. The fraction of sp³-hybridized carbons (Fsp3) is 0.143. The summed E-state index contributed by atoms with van der Waals surface area (Å²) in [5.74, 6) is -2.71. The molecule has 0 aliphatic heterocycles. The van der Waals surface area contributed by atoms with Crippen LogP contribution in [0.4, 0.5) is 8.78 Å². The summed E-state index contributed by atoms with van der Waals surface area (Å²) in [7, 11) is 1.07. The van der Waals surface area contributed by atoms with E-state index < -0.39 is 33.4 Å². The van der Waals surface area contributed by atoms with Gasteiger partial charge in [-0.2, -0.15) is 0 Å². The molecule has 0 fully saturated rings. The summed E-state index contributed by atoms with van der Waals surface area (Å²) in [4.78, 5) is -0.502. The van der Waals surface area contributed by atoms with Gasteiger partial charge >= 0.3 is 0 Å². The Morgan fingerprint density at radius 3 is 2.54 bits per heavy atom. The summed E-state index contributed by atoms with van der Waals surface area (Å²) in [6.45, 7) is 0. The van der Waals surface area contributed by atoms with Crippen LogP contribution < -0.4 is 4.74 Å². The van der Waals surface area contributed by atoms with E-state index in [-0.39, 0.29) is 0 Å². The Labute approximate surface area is 75.6 Å². The summed E-state index contributed by atoms with van der Waals surface area (Å²) in [6.07, 6.45) is 0. The molecule has 0 aliphatic rings. The zero-order valence-corrected chi connectivity index (χ0v) is 7.40. The zero-order valence-electron chi connectivity index (χ0n) is 6.58. The number of benzene rings is 1. The lowest BCUT2D eigenvalue weighted by Crippen LogP contribution is -1.99. The molecule has 72 valence electrons. The van der Waals surface area contributed by atoms with E-state index >= 15 is 0 Å². The zero-order chi connectivity index (χ0) is 10.0. The molecule has 0 saturated heterocycles. The first-order chi connectivity index (χ1) is 6.07. The van der Waals surface area contributed by atoms with E-state index in [2.05, 4.69) is 4.74 Å². The quantitative estimate of drug-likeness (QED) is 0.750. The SMILES string of the molecule is COc1c(F)ccc(S(=O)O)c1F. The lowest BCUT2D eigenvalue weighted by molar-refractivity contribution is 0.354. The van der Waals surface area contributed by atoms with Crippen LogP contribution in [0, 0.1) is 11.6 Å². The van der Waals surface area contributed by atoms with Gasteiger partial charge in [0.05, 0.1) is 7.11 Å². The van der Waals surface area contributed by atoms with Crippen LogP contribution in [-0.4, -0.2) is 15.9 Å². The van der Waals surface area contributed by atoms with Gasteiger partial charge in [-0.25, -0.2) is 13.0 Å². The largest absolute Gasteiger partial charge is 0.491 e. The van der Waals surface area contributed by atoms with Gasteiger partial charge < -0.3 is 9.29 Å². The molecule has 1 atom stereocenters. The Bertz CT molecular complexity index is 354. The lowest BCUT2D eigenvalue weighted by atomic mass is 10.3. The molecule has 13 heavy (non-hydrogen) atoms. The predicted octanol–water partition coefficient (Wildman–Crippen LogP) is 1.55. The summed E-state index contributed by atoms with van der Waals surface area (Å²) in [5.41, 5.74) is 0. The van der Waals surface area contributed by atoms with E-state index in [0.29, 0.717) is 0 Å². The van der Waals surface area contributed by atoms with Crippen molar-refractivity contribution in [1.82, 2.24) is 0 Å². The van der Waals surface area contributed by atoms with E-state index in [4.69, 9.17) is 4.55 Å². The monoisotopic (exact) mass is 208 g/mol. The molecular weight excluding hydrogens is 202 g/mol. The molecule has 1 unspecified atom stereocenters. The third-order valence-corrected chi connectivity index (χ3v) is 2.10. The number of rotatable bonds is 2. The molecule has 0 saturated carbocycles. The van der Waals surface area contributed by atoms with Crippen LogP contribution in [0.2, 0.25) is 0 Å². The van der Waals surface area contributed by atoms with Gasteiger partial charge in [0.15, 0.2) is 28.5 Å². The first-order valence-electron chi connectivity index (χ1n) is 3.20. The Morgan fingerprint density at radius 1 is 1.46 bits per heavy atom. The average Bonchev–Trinajstić information content (AvgIpc) is 2.04. The maximum atomic E-state index is 13.1. The van der Waals surface area contributed by atoms with Crippen LogP contribution in [-0.2, 0) is 11.1 Å². The highest BCUT2D eigenvalue weighted by molar-refractivity contribution is 7.79. The van der Waals surface area contributed by atoms with Gasteiger partial charge in [0.2, 0.25) is 0 Å². The minimum absolute atomic E-state index is 0.502. The highest BCUT2D eigenvalue weighted by atomic mass is 32.2. The van der Waals surface area contributed by atoms with Crippen molar-refractivity contribution in [3.05, 3.63) is 23.8 Å². The molecule has 0 heterocycles. The van der Waals surface area contributed by atoms with Gasteiger partial charge in [0.1, 0.15) is 4.90 Å². The molecule has 1 aromatic carbocycles. The van der Waals surface area contributed by atoms with Crippen molar-refractivity contribution < 1.29 is 22.3 Å². The predicted molar refractivity (Wildman–Crippen MR) is 41.9 cm³/mol. The van der Waals surface area contributed by atoms with Crippen molar-refractivity contribution in [3.8, 4) is 5.75 Å². The summed E-state index contributed by atoms with van der Waals surface area (Å²) < 4.78 is 49.3. The number of halogens is 2. The molecule has 0 aromatic heterocycles. The Balaban J connectivity index is 3.35. The first-order valence-corrected chi connectivity index (χ1v) is 4.31. The summed E-state index contributed by atoms with van der Waals surface area (Å²) in [6, 6.07) is 1.76. The van der Waals surface area contributed by atoms with Crippen LogP contribution in [0.25, 0.3) is 0 Å². The van der Waals surface area contributed by atoms with Crippen molar-refractivity contribution >= 4 is 11.1 Å². The van der Waals surface area contributed by atoms with Crippen molar-refractivity contribution in [2.75, 3.05) is 7.11 Å². The van der Waals surface area contributed by atoms with E-state index in [1.807, 2.05) is 0 Å². The number of hydrogen-bond acceptors (Lipinski definition) is 2. The second kappa shape index (κ2) is 3.80. The topological polar surface area (TPSA) is 46.5 Å². The molecule has 3 nitrogen and oxygen atoms in total. The Hall–Kier alpha value is -1.01. The van der Waals surface area contributed by atoms with Gasteiger partial charge in [-0.15, -0.1) is 0 Å². The van der Waals surface area contributed by atoms with Crippen LogP contribution in [0.1, 0.15) is 0 Å². The fourth-order valence-corrected chi connectivity index (χ4v) is 1.27. The summed E-state index contributed by atoms with van der Waals surface area (Å²) in [5, 5.41) is 0. The van der Waals surface area contributed by atoms with Gasteiger partial charge in [-0.3, -0.25) is 0 Å². The van der Waals surface area contributed by atoms with E-state index in [1.54, 1.807) is 0 Å². The normalized spacial score (nSPS) is 12.6. The van der Waals surface area contributed by atoms with Crippen molar-refractivity contribution in [2.45, 2.75) is 4.90 Å². The molecule has 1 rings (SSSR count). The minimum Gasteiger partial charge on any atom is -0.491 e. The third-order valence-electron chi connectivity index (χ3n) is 1.41. The van der Waals surface area contributed by atoms with Crippen molar-refractivity contribution in [2.24, 2.45) is 0 Å². The lowest BCUT2D eigenvalue weighted by Gasteiger charge is -2.04. The standard InChI is InChI=1S/C7H6F2O3S/c1-12-7-4(8)2-3-5(6(7)9)13(10)11/h2-3H,1H3,(H,10,11). The maximum absolute atomic E-state index is 13.1. The van der Waals surface area contributed by atoms with Gasteiger partial charge in [0.25, 0.3) is 0 Å². The molecule has 0 radical (unpaired) electrons. The molecule has 1 aromatic rings. The Kier molecular flexibility index (Phi) is 2.94. The minimum atomic E-state index is -2.48. The van der Waals surface area contributed by atoms with Gasteiger partial charge in [0, 0.05) is 0 Å². The smallest absolute Gasteiger partial charge is 0.191 e. The third kappa shape index (κ3) is 1.84. The highest BCUT2D eigenvalue weighted by Gasteiger charge is 2.17. The van der Waals surface area contributed by atoms with E-state index in [0.717, 1.165) is 19.2 Å². The van der Waals surface area contributed by atoms with Gasteiger partial charge in [-0.05, 0) is 12.1 Å². The van der Waals surface area contributed by atoms with Crippen LogP contribution in [0.5, 0.6) is 5.75 Å². The van der Waals surface area contributed by atoms with E-state index in [1.165, 1.54) is 0 Å². The first kappa shape index (κ1) is 10.1. The van der Waals surface area contributed by atoms with E-state index in [9.17, 15) is 13.0 Å². The average molecular weight is 208 g/mol. The molecule has 1 N–H and O–H groups in total. The molecular formula is C7H6F2O3S. The van der Waals surface area contributed by atoms with Crippen molar-refractivity contribution in [3.63, 3.8) is 0 Å². The van der Waals surface area contributed by atoms with Crippen LogP contribution in [0.3, 0.4) is 0 Å². The number of hydrogen-bond donors (Lipinski definition) is 1. The highest BCUT2D eigenvalue weighted by Crippen LogP contribution is 2.25. The number of ether oxygens (including phenoxy) is 1. The Morgan fingerprint density at radius 2 is 2.08 bits per heavy atom. The summed E-state index contributed by atoms with van der Waals surface area (Å²) >= 11 is -2.48. The maximum Gasteiger partial charge on any atom is 0.191 e. The molecule has 0 spiro atoms. The van der Waals surface area contributed by atoms with Crippen molar-refractivity contribution in [1.29, 1.82) is 0 Å². The van der Waals surface area contributed by atoms with Crippen LogP contribution in [0.15, 0.2) is 17.0 Å². The number of methoxy groups -OCH3 is 1. The van der Waals surface area contributed by atoms with Gasteiger partial charge in [-0.1, -0.05) is 0 Å². The second-order valence-electron chi connectivity index (χ2n) is 2.14. The fourth-order valence-electron chi connectivity index (χ4n) is 0.836. The molecule has 0 aliphatic carbocycles. The second-order valence-corrected chi connectivity index (χ2v) is 3.08. The molecule has 0 bridgehead atoms. The van der Waals surface area contributed by atoms with Crippen LogP contribution >= 0.6 is 0 Å².